The monoisotopic (exact) mass is 329 g/mol. The molecule has 2 unspecified atom stereocenters. The highest BCUT2D eigenvalue weighted by molar-refractivity contribution is 7.57. The van der Waals surface area contributed by atoms with Gasteiger partial charge in [0.1, 0.15) is 18.4 Å². The number of benzene rings is 1. The number of methoxy groups -OCH3 is 1. The Kier molecular flexibility index (Phi) is 14.7. The predicted molar refractivity (Wildman–Crippen MR) is 87.9 cm³/mol. The quantitative estimate of drug-likeness (QED) is 0.453. The minimum Gasteiger partial charge on any atom is -0.431 e. The van der Waals surface area contributed by atoms with Crippen molar-refractivity contribution in [1.29, 1.82) is 0 Å². The van der Waals surface area contributed by atoms with Gasteiger partial charge in [-0.25, -0.2) is 5.09 Å². The molecule has 0 saturated heterocycles. The fourth-order valence-corrected chi connectivity index (χ4v) is 2.42. The van der Waals surface area contributed by atoms with E-state index in [4.69, 9.17) is 9.63 Å². The number of para-hydroxylation sites is 1. The van der Waals surface area contributed by atoms with Crippen LogP contribution in [0.4, 0.5) is 0 Å². The van der Waals surface area contributed by atoms with Gasteiger partial charge in [0.2, 0.25) is 0 Å². The maximum absolute atomic E-state index is 12.0. The van der Waals surface area contributed by atoms with Crippen molar-refractivity contribution in [3.05, 3.63) is 30.3 Å². The number of aliphatic hydroxyl groups excluding tert-OH is 1. The Morgan fingerprint density at radius 1 is 1.36 bits per heavy atom. The number of aliphatic hydroxyl groups is 1. The topological polar surface area (TPSA) is 84.9 Å². The molecule has 0 heterocycles. The Bertz CT molecular complexity index is 448. The zero-order valence-electron chi connectivity index (χ0n) is 13.1. The molecule has 1 rings (SSSR count). The maximum atomic E-state index is 12.0. The van der Waals surface area contributed by atoms with E-state index in [2.05, 4.69) is 22.7 Å². The lowest BCUT2D eigenvalue weighted by atomic mass is 10.3. The van der Waals surface area contributed by atoms with Crippen LogP contribution in [0.1, 0.15) is 13.8 Å². The van der Waals surface area contributed by atoms with E-state index in [0.717, 1.165) is 6.61 Å². The minimum absolute atomic E-state index is 0.380. The fourth-order valence-electron chi connectivity index (χ4n) is 1.09. The summed E-state index contributed by atoms with van der Waals surface area (Å²) in [7, 11) is -1.74. The molecule has 22 heavy (non-hydrogen) atoms. The van der Waals surface area contributed by atoms with Crippen LogP contribution in [0.2, 0.25) is 0 Å². The van der Waals surface area contributed by atoms with Gasteiger partial charge >= 0.3 is 7.52 Å². The molecule has 124 valence electrons. The van der Waals surface area contributed by atoms with Crippen LogP contribution in [0.5, 0.6) is 5.75 Å². The molecule has 0 aliphatic rings. The van der Waals surface area contributed by atoms with Crippen LogP contribution < -0.4 is 9.61 Å². The van der Waals surface area contributed by atoms with E-state index >= 15 is 0 Å². The van der Waals surface area contributed by atoms with E-state index in [-0.39, 0.29) is 0 Å². The number of terminal acetylenes is 1. The van der Waals surface area contributed by atoms with Crippen LogP contribution in [0.15, 0.2) is 30.3 Å². The molecule has 0 saturated carbocycles. The van der Waals surface area contributed by atoms with Crippen molar-refractivity contribution < 1.29 is 23.7 Å². The molecule has 0 fully saturated rings. The van der Waals surface area contributed by atoms with Gasteiger partial charge in [-0.3, -0.25) is 4.57 Å². The second kappa shape index (κ2) is 14.3. The smallest absolute Gasteiger partial charge is 0.342 e. The zero-order valence-corrected chi connectivity index (χ0v) is 14.0. The van der Waals surface area contributed by atoms with Crippen molar-refractivity contribution >= 4 is 13.8 Å². The molecule has 2 atom stereocenters. The van der Waals surface area contributed by atoms with Gasteiger partial charge in [-0.05, 0) is 26.0 Å². The van der Waals surface area contributed by atoms with Gasteiger partial charge in [-0.2, -0.15) is 0 Å². The molecule has 0 aliphatic carbocycles. The highest BCUT2D eigenvalue weighted by atomic mass is 31.2. The van der Waals surface area contributed by atoms with Crippen molar-refractivity contribution in [3.63, 3.8) is 0 Å². The summed E-state index contributed by atoms with van der Waals surface area (Å²) >= 11 is 0. The van der Waals surface area contributed by atoms with Gasteiger partial charge in [-0.1, -0.05) is 18.2 Å². The molecule has 0 aromatic heterocycles. The third-order valence-corrected chi connectivity index (χ3v) is 3.75. The van der Waals surface area contributed by atoms with Crippen molar-refractivity contribution in [2.24, 2.45) is 0 Å². The minimum atomic E-state index is -3.42. The van der Waals surface area contributed by atoms with E-state index in [9.17, 15) is 9.36 Å². The Morgan fingerprint density at radius 2 is 1.86 bits per heavy atom. The Morgan fingerprint density at radius 3 is 2.23 bits per heavy atom. The fraction of sp³-hybridized carbons (Fsp3) is 0.400. The van der Waals surface area contributed by atoms with Crippen LogP contribution in [0, 0.1) is 12.8 Å². The van der Waals surface area contributed by atoms with Gasteiger partial charge in [-0.15, -0.1) is 12.8 Å². The van der Waals surface area contributed by atoms with Gasteiger partial charge in [0.25, 0.3) is 0 Å². The molecule has 0 spiro atoms. The first-order chi connectivity index (χ1) is 10.5. The number of rotatable bonds is 7. The molecule has 0 amide bonds. The summed E-state index contributed by atoms with van der Waals surface area (Å²) in [6.07, 6.45) is 7.93. The van der Waals surface area contributed by atoms with Crippen molar-refractivity contribution in [3.8, 4) is 18.6 Å². The van der Waals surface area contributed by atoms with Gasteiger partial charge < -0.3 is 19.2 Å². The molecular formula is C15H24NO5P. The summed E-state index contributed by atoms with van der Waals surface area (Å²) in [6, 6.07) is 7.84. The summed E-state index contributed by atoms with van der Waals surface area (Å²) in [5.41, 5.74) is 0. The van der Waals surface area contributed by atoms with E-state index in [0.29, 0.717) is 12.0 Å². The number of nitrogens with one attached hydrogen (secondary N) is 1. The second-order valence-electron chi connectivity index (χ2n) is 3.85. The van der Waals surface area contributed by atoms with Crippen LogP contribution in [0.25, 0.3) is 0 Å². The predicted octanol–water partition coefficient (Wildman–Crippen LogP) is 2.29. The number of ether oxygens (including phenoxy) is 1. The maximum Gasteiger partial charge on any atom is 0.342 e. The van der Waals surface area contributed by atoms with Crippen molar-refractivity contribution in [2.45, 2.75) is 19.9 Å². The van der Waals surface area contributed by atoms with E-state index in [1.165, 1.54) is 6.92 Å². The van der Waals surface area contributed by atoms with E-state index in [1.807, 2.05) is 6.92 Å². The molecule has 6 nitrogen and oxygen atoms in total. The second-order valence-corrected chi connectivity index (χ2v) is 5.92. The highest BCUT2D eigenvalue weighted by Crippen LogP contribution is 2.41. The van der Waals surface area contributed by atoms with Crippen molar-refractivity contribution in [1.82, 2.24) is 5.09 Å². The number of carbonyl (C=O) groups excluding carboxylic acids is 1. The summed E-state index contributed by atoms with van der Waals surface area (Å²) in [4.78, 5) is 10.4. The van der Waals surface area contributed by atoms with E-state index < -0.39 is 19.9 Å². The first kappa shape index (κ1) is 22.6. The number of carbonyl (C=O) groups is 1. The molecule has 0 aliphatic heterocycles. The summed E-state index contributed by atoms with van der Waals surface area (Å²) in [5.74, 6) is 0.380. The van der Waals surface area contributed by atoms with Crippen LogP contribution in [-0.2, 0) is 14.1 Å². The van der Waals surface area contributed by atoms with Crippen molar-refractivity contribution in [2.75, 3.05) is 20.1 Å². The lowest BCUT2D eigenvalue weighted by molar-refractivity contribution is -0.108. The standard InChI is InChI=1S/C10H14NO4P.C3H8O.C2H2/c1-9(7-12)11-16(14,8-13)15-10-5-3-2-4-6-10;1-3-4-2;1-2/h2-7,9,13H,8H2,1H3,(H,11,14);3H2,1-2H3;1-2H. The van der Waals surface area contributed by atoms with Gasteiger partial charge in [0.15, 0.2) is 0 Å². The molecule has 7 heteroatoms. The molecule has 2 N–H and O–H groups in total. The summed E-state index contributed by atoms with van der Waals surface area (Å²) in [6.45, 7) is 4.31. The normalized spacial score (nSPS) is 13.2. The summed E-state index contributed by atoms with van der Waals surface area (Å²) < 4.78 is 21.7. The van der Waals surface area contributed by atoms with E-state index in [1.54, 1.807) is 37.4 Å². The number of hydrogen-bond acceptors (Lipinski definition) is 5. The third-order valence-electron chi connectivity index (χ3n) is 2.08. The Balaban J connectivity index is 0. The first-order valence-electron chi connectivity index (χ1n) is 6.51. The molecular weight excluding hydrogens is 305 g/mol. The number of aldehydes is 1. The lowest BCUT2D eigenvalue weighted by Gasteiger charge is -2.19. The summed E-state index contributed by atoms with van der Waals surface area (Å²) in [5, 5.41) is 11.5. The largest absolute Gasteiger partial charge is 0.431 e. The lowest BCUT2D eigenvalue weighted by Crippen LogP contribution is -2.27. The van der Waals surface area contributed by atoms with Crippen LogP contribution in [-0.4, -0.2) is 37.5 Å². The molecule has 0 radical (unpaired) electrons. The van der Waals surface area contributed by atoms with Gasteiger partial charge in [0.05, 0.1) is 6.04 Å². The Hall–Kier alpha value is -1.64. The zero-order chi connectivity index (χ0) is 17.4. The average Bonchev–Trinajstić information content (AvgIpc) is 2.57. The Labute approximate surface area is 132 Å². The third kappa shape index (κ3) is 11.1. The van der Waals surface area contributed by atoms with Crippen LogP contribution in [0.3, 0.4) is 0 Å². The number of hydrogen-bond donors (Lipinski definition) is 2. The average molecular weight is 329 g/mol. The molecule has 1 aromatic rings. The van der Waals surface area contributed by atoms with Crippen LogP contribution >= 0.6 is 7.52 Å². The SMILES string of the molecule is C#C.CC(C=O)NP(=O)(CO)Oc1ccccc1.CCOC. The highest BCUT2D eigenvalue weighted by Gasteiger charge is 2.25. The van der Waals surface area contributed by atoms with Gasteiger partial charge in [0, 0.05) is 13.7 Å². The molecule has 1 aromatic carbocycles. The first-order valence-corrected chi connectivity index (χ1v) is 8.32. The molecule has 0 bridgehead atoms.